The Hall–Kier alpha value is -3.31. The molecule has 0 amide bonds. The summed E-state index contributed by atoms with van der Waals surface area (Å²) >= 11 is 0. The smallest absolute Gasteiger partial charge is 0.213 e. The van der Waals surface area contributed by atoms with Crippen LogP contribution in [-0.4, -0.2) is 43.8 Å². The molecule has 2 aromatic carbocycles. The molecule has 0 unspecified atom stereocenters. The second-order valence-electron chi connectivity index (χ2n) is 7.69. The van der Waals surface area contributed by atoms with Gasteiger partial charge in [0, 0.05) is 36.8 Å². The first-order chi connectivity index (χ1) is 15.2. The van der Waals surface area contributed by atoms with Gasteiger partial charge in [0.2, 0.25) is 5.88 Å². The van der Waals surface area contributed by atoms with E-state index in [1.165, 1.54) is 11.1 Å². The van der Waals surface area contributed by atoms with Crippen LogP contribution in [0.3, 0.4) is 0 Å². The second kappa shape index (κ2) is 9.67. The van der Waals surface area contributed by atoms with Crippen LogP contribution in [0.4, 0.5) is 0 Å². The molecule has 1 aliphatic heterocycles. The summed E-state index contributed by atoms with van der Waals surface area (Å²) in [5, 5.41) is 0. The second-order valence-corrected chi connectivity index (χ2v) is 7.69. The Bertz CT molecular complexity index is 1060. The van der Waals surface area contributed by atoms with E-state index in [1.807, 2.05) is 30.3 Å². The minimum atomic E-state index is 0.589. The molecule has 0 fully saturated rings. The Morgan fingerprint density at radius 2 is 1.90 bits per heavy atom. The molecule has 0 bridgehead atoms. The third-order valence-electron chi connectivity index (χ3n) is 5.31. The van der Waals surface area contributed by atoms with E-state index in [2.05, 4.69) is 53.2 Å². The predicted octanol–water partition coefficient (Wildman–Crippen LogP) is 5.06. The maximum atomic E-state index is 6.11. The van der Waals surface area contributed by atoms with E-state index in [-0.39, 0.29) is 0 Å². The first kappa shape index (κ1) is 20.9. The third-order valence-corrected chi connectivity index (χ3v) is 5.31. The van der Waals surface area contributed by atoms with E-state index < -0.39 is 0 Å². The predicted molar refractivity (Wildman–Crippen MR) is 124 cm³/mol. The quantitative estimate of drug-likeness (QED) is 0.562. The van der Waals surface area contributed by atoms with Gasteiger partial charge in [-0.05, 0) is 30.7 Å². The Balaban J connectivity index is 1.61. The molecule has 31 heavy (non-hydrogen) atoms. The highest BCUT2D eigenvalue weighted by atomic mass is 16.5. The van der Waals surface area contributed by atoms with Crippen LogP contribution in [0.5, 0.6) is 17.4 Å². The minimum absolute atomic E-state index is 0.589. The lowest BCUT2D eigenvalue weighted by atomic mass is 10.0. The van der Waals surface area contributed by atoms with Gasteiger partial charge in [-0.2, -0.15) is 0 Å². The van der Waals surface area contributed by atoms with Gasteiger partial charge in [-0.15, -0.1) is 0 Å². The molecule has 3 aromatic rings. The molecule has 0 saturated carbocycles. The summed E-state index contributed by atoms with van der Waals surface area (Å²) in [5.74, 6) is 2.14. The van der Waals surface area contributed by atoms with Crippen LogP contribution >= 0.6 is 0 Å². The monoisotopic (exact) mass is 416 g/mol. The minimum Gasteiger partial charge on any atom is -0.493 e. The van der Waals surface area contributed by atoms with E-state index in [9.17, 15) is 0 Å². The molecule has 0 N–H and O–H groups in total. The standard InChI is InChI=1S/C26H28N2O3/c1-19(14-20-8-5-4-6-9-20)17-28-12-13-31-26-22(18-28)15-21(16-24(26)29-2)23-10-7-11-25(27-23)30-3/h4-11,14-16H,12-13,17-18H2,1-3H3. The van der Waals surface area contributed by atoms with Crippen LogP contribution in [0.1, 0.15) is 18.1 Å². The fraction of sp³-hybridized carbons (Fsp3) is 0.269. The lowest BCUT2D eigenvalue weighted by Gasteiger charge is -2.20. The van der Waals surface area contributed by atoms with Gasteiger partial charge in [-0.1, -0.05) is 48.0 Å². The van der Waals surface area contributed by atoms with E-state index >= 15 is 0 Å². The number of ether oxygens (including phenoxy) is 3. The van der Waals surface area contributed by atoms with Gasteiger partial charge in [0.05, 0.1) is 19.9 Å². The molecule has 2 heterocycles. The van der Waals surface area contributed by atoms with Crippen LogP contribution in [0, 0.1) is 0 Å². The van der Waals surface area contributed by atoms with Crippen molar-refractivity contribution in [1.82, 2.24) is 9.88 Å². The van der Waals surface area contributed by atoms with Crippen LogP contribution in [0.2, 0.25) is 0 Å². The van der Waals surface area contributed by atoms with Crippen molar-refractivity contribution in [3.05, 3.63) is 77.4 Å². The highest BCUT2D eigenvalue weighted by molar-refractivity contribution is 5.67. The van der Waals surface area contributed by atoms with E-state index in [4.69, 9.17) is 14.2 Å². The number of rotatable bonds is 6. The van der Waals surface area contributed by atoms with Gasteiger partial charge in [0.25, 0.3) is 0 Å². The lowest BCUT2D eigenvalue weighted by molar-refractivity contribution is 0.235. The van der Waals surface area contributed by atoms with Crippen LogP contribution in [0.25, 0.3) is 17.3 Å². The van der Waals surface area contributed by atoms with Crippen molar-refractivity contribution in [3.63, 3.8) is 0 Å². The Morgan fingerprint density at radius 3 is 2.68 bits per heavy atom. The molecule has 0 atom stereocenters. The van der Waals surface area contributed by atoms with Crippen LogP contribution in [-0.2, 0) is 6.54 Å². The van der Waals surface area contributed by atoms with Gasteiger partial charge < -0.3 is 14.2 Å². The summed E-state index contributed by atoms with van der Waals surface area (Å²) in [5.41, 5.74) is 5.46. The number of aromatic nitrogens is 1. The highest BCUT2D eigenvalue weighted by Crippen LogP contribution is 2.38. The van der Waals surface area contributed by atoms with Crippen molar-refractivity contribution < 1.29 is 14.2 Å². The Labute approximate surface area is 183 Å². The van der Waals surface area contributed by atoms with E-state index in [0.29, 0.717) is 12.5 Å². The molecule has 0 aliphatic carbocycles. The number of benzene rings is 2. The first-order valence-electron chi connectivity index (χ1n) is 10.5. The average Bonchev–Trinajstić information content (AvgIpc) is 3.00. The maximum absolute atomic E-state index is 6.11. The fourth-order valence-corrected chi connectivity index (χ4v) is 3.89. The number of fused-ring (bicyclic) bond motifs is 1. The van der Waals surface area contributed by atoms with Gasteiger partial charge in [-0.25, -0.2) is 4.98 Å². The number of hydrogen-bond donors (Lipinski definition) is 0. The largest absolute Gasteiger partial charge is 0.493 e. The molecule has 0 spiro atoms. The summed E-state index contributed by atoms with van der Waals surface area (Å²) in [6, 6.07) is 20.3. The van der Waals surface area contributed by atoms with Crippen molar-refractivity contribution in [2.45, 2.75) is 13.5 Å². The Kier molecular flexibility index (Phi) is 6.53. The van der Waals surface area contributed by atoms with Crippen molar-refractivity contribution in [2.24, 2.45) is 0 Å². The van der Waals surface area contributed by atoms with Crippen molar-refractivity contribution >= 4 is 6.08 Å². The number of nitrogens with zero attached hydrogens (tertiary/aromatic N) is 2. The fourth-order valence-electron chi connectivity index (χ4n) is 3.89. The zero-order valence-electron chi connectivity index (χ0n) is 18.3. The van der Waals surface area contributed by atoms with Gasteiger partial charge >= 0.3 is 0 Å². The maximum Gasteiger partial charge on any atom is 0.213 e. The van der Waals surface area contributed by atoms with Crippen LogP contribution in [0.15, 0.2) is 66.2 Å². The van der Waals surface area contributed by atoms with Crippen LogP contribution < -0.4 is 14.2 Å². The third kappa shape index (κ3) is 5.06. The topological polar surface area (TPSA) is 43.8 Å². The average molecular weight is 417 g/mol. The van der Waals surface area contributed by atoms with Crippen molar-refractivity contribution in [2.75, 3.05) is 33.9 Å². The van der Waals surface area contributed by atoms with Crippen molar-refractivity contribution in [1.29, 1.82) is 0 Å². The number of methoxy groups -OCH3 is 2. The summed E-state index contributed by atoms with van der Waals surface area (Å²) < 4.78 is 17.1. The molecule has 1 aliphatic rings. The summed E-state index contributed by atoms with van der Waals surface area (Å²) in [6.45, 7) is 5.31. The van der Waals surface area contributed by atoms with Crippen molar-refractivity contribution in [3.8, 4) is 28.6 Å². The van der Waals surface area contributed by atoms with E-state index in [1.54, 1.807) is 14.2 Å². The molecule has 5 heteroatoms. The molecule has 5 nitrogen and oxygen atoms in total. The first-order valence-corrected chi connectivity index (χ1v) is 10.5. The normalized spacial score (nSPS) is 14.4. The molecular formula is C26H28N2O3. The zero-order chi connectivity index (χ0) is 21.6. The summed E-state index contributed by atoms with van der Waals surface area (Å²) in [4.78, 5) is 6.99. The van der Waals surface area contributed by atoms with Gasteiger partial charge in [0.1, 0.15) is 6.61 Å². The van der Waals surface area contributed by atoms with E-state index in [0.717, 1.165) is 48.0 Å². The summed E-state index contributed by atoms with van der Waals surface area (Å²) in [7, 11) is 3.30. The zero-order valence-corrected chi connectivity index (χ0v) is 18.3. The molecular weight excluding hydrogens is 388 g/mol. The number of hydrogen-bond acceptors (Lipinski definition) is 5. The summed E-state index contributed by atoms with van der Waals surface area (Å²) in [6.07, 6.45) is 2.24. The molecule has 1 aromatic heterocycles. The SMILES string of the molecule is COc1cccc(-c2cc3c(c(OC)c2)OCCN(CC(C)=Cc2ccccc2)C3)n1. The molecule has 4 rings (SSSR count). The number of pyridine rings is 1. The molecule has 0 saturated heterocycles. The molecule has 0 radical (unpaired) electrons. The lowest BCUT2D eigenvalue weighted by Crippen LogP contribution is -2.27. The molecule has 160 valence electrons. The van der Waals surface area contributed by atoms with Gasteiger partial charge in [0.15, 0.2) is 11.5 Å². The highest BCUT2D eigenvalue weighted by Gasteiger charge is 2.21. The van der Waals surface area contributed by atoms with Gasteiger partial charge in [-0.3, -0.25) is 4.90 Å². The Morgan fingerprint density at radius 1 is 1.06 bits per heavy atom.